The molecule has 21 heavy (non-hydrogen) atoms. The molecule has 0 aliphatic heterocycles. The Morgan fingerprint density at radius 2 is 1.81 bits per heavy atom. The van der Waals surface area contributed by atoms with E-state index in [0.29, 0.717) is 6.42 Å². The molecule has 0 bridgehead atoms. The third kappa shape index (κ3) is 4.06. The maximum absolute atomic E-state index is 6.37. The molecule has 0 aliphatic rings. The van der Waals surface area contributed by atoms with Crippen LogP contribution in [0.25, 0.3) is 0 Å². The molecule has 4 heteroatoms. The summed E-state index contributed by atoms with van der Waals surface area (Å²) in [5.74, 6) is 0.828. The minimum Gasteiger partial charge on any atom is -0.497 e. The Bertz CT molecular complexity index is 574. The van der Waals surface area contributed by atoms with Crippen molar-refractivity contribution < 1.29 is 9.47 Å². The van der Waals surface area contributed by atoms with E-state index >= 15 is 0 Å². The lowest BCUT2D eigenvalue weighted by molar-refractivity contribution is 0.0802. The van der Waals surface area contributed by atoms with Crippen molar-refractivity contribution in [1.29, 1.82) is 0 Å². The Balaban J connectivity index is 2.18. The van der Waals surface area contributed by atoms with Crippen LogP contribution in [0, 0.1) is 0 Å². The van der Waals surface area contributed by atoms with Gasteiger partial charge in [-0.1, -0.05) is 46.3 Å². The monoisotopic (exact) mass is 349 g/mol. The zero-order valence-corrected chi connectivity index (χ0v) is 13.8. The predicted molar refractivity (Wildman–Crippen MR) is 88.6 cm³/mol. The maximum Gasteiger partial charge on any atom is 0.119 e. The lowest BCUT2D eigenvalue weighted by atomic mass is 9.96. The van der Waals surface area contributed by atoms with Crippen LogP contribution in [0.15, 0.2) is 53.0 Å². The average Bonchev–Trinajstić information content (AvgIpc) is 2.51. The molecule has 0 heterocycles. The van der Waals surface area contributed by atoms with Crippen LogP contribution in [0.1, 0.15) is 17.2 Å². The van der Waals surface area contributed by atoms with Gasteiger partial charge in [-0.2, -0.15) is 0 Å². The second-order valence-corrected chi connectivity index (χ2v) is 5.75. The number of rotatable bonds is 6. The first kappa shape index (κ1) is 16.0. The Kier molecular flexibility index (Phi) is 5.79. The van der Waals surface area contributed by atoms with E-state index in [1.165, 1.54) is 0 Å². The second kappa shape index (κ2) is 7.59. The van der Waals surface area contributed by atoms with Gasteiger partial charge in [0.25, 0.3) is 0 Å². The Morgan fingerprint density at radius 3 is 2.43 bits per heavy atom. The molecule has 112 valence electrons. The number of ether oxygens (including phenoxy) is 2. The van der Waals surface area contributed by atoms with Crippen LogP contribution in [0.2, 0.25) is 0 Å². The Labute approximate surface area is 134 Å². The van der Waals surface area contributed by atoms with Crippen molar-refractivity contribution in [3.63, 3.8) is 0 Å². The van der Waals surface area contributed by atoms with Crippen molar-refractivity contribution in [1.82, 2.24) is 0 Å². The van der Waals surface area contributed by atoms with Crippen LogP contribution in [0.5, 0.6) is 5.75 Å². The quantitative estimate of drug-likeness (QED) is 0.864. The number of benzene rings is 2. The summed E-state index contributed by atoms with van der Waals surface area (Å²) in [6, 6.07) is 15.8. The molecular weight excluding hydrogens is 330 g/mol. The van der Waals surface area contributed by atoms with Gasteiger partial charge in [0.2, 0.25) is 0 Å². The predicted octanol–water partition coefficient (Wildman–Crippen LogP) is 3.72. The number of halogens is 1. The third-order valence-electron chi connectivity index (χ3n) is 3.48. The number of hydrogen-bond acceptors (Lipinski definition) is 3. The molecular formula is C17H20BrNO2. The summed E-state index contributed by atoms with van der Waals surface area (Å²) < 4.78 is 11.9. The molecule has 2 aromatic carbocycles. The summed E-state index contributed by atoms with van der Waals surface area (Å²) in [5.41, 5.74) is 8.57. The standard InChI is InChI=1S/C17H20BrNO2/c1-20-14-8-9-15(18)13(10-14)11-16(19)17(21-2)12-6-4-3-5-7-12/h3-10,16-17H,11,19H2,1-2H3. The highest BCUT2D eigenvalue weighted by Gasteiger charge is 2.20. The van der Waals surface area contributed by atoms with Crippen LogP contribution in [0.4, 0.5) is 0 Å². The smallest absolute Gasteiger partial charge is 0.119 e. The molecule has 2 rings (SSSR count). The molecule has 0 amide bonds. The van der Waals surface area contributed by atoms with Crippen LogP contribution < -0.4 is 10.5 Å². The lowest BCUT2D eigenvalue weighted by Crippen LogP contribution is -2.32. The normalized spacial score (nSPS) is 13.7. The lowest BCUT2D eigenvalue weighted by Gasteiger charge is -2.23. The highest BCUT2D eigenvalue weighted by molar-refractivity contribution is 9.10. The van der Waals surface area contributed by atoms with Gasteiger partial charge < -0.3 is 15.2 Å². The molecule has 2 N–H and O–H groups in total. The zero-order valence-electron chi connectivity index (χ0n) is 12.3. The van der Waals surface area contributed by atoms with Crippen molar-refractivity contribution in [2.75, 3.05) is 14.2 Å². The SMILES string of the molecule is COc1ccc(Br)c(CC(N)C(OC)c2ccccc2)c1. The van der Waals surface area contributed by atoms with E-state index in [-0.39, 0.29) is 12.1 Å². The summed E-state index contributed by atoms with van der Waals surface area (Å²) in [6.45, 7) is 0. The van der Waals surface area contributed by atoms with Gasteiger partial charge in [-0.05, 0) is 35.7 Å². The molecule has 0 spiro atoms. The molecule has 0 fully saturated rings. The van der Waals surface area contributed by atoms with Gasteiger partial charge in [-0.25, -0.2) is 0 Å². The van der Waals surface area contributed by atoms with E-state index in [4.69, 9.17) is 15.2 Å². The van der Waals surface area contributed by atoms with E-state index < -0.39 is 0 Å². The van der Waals surface area contributed by atoms with E-state index in [2.05, 4.69) is 15.9 Å². The van der Waals surface area contributed by atoms with Crippen molar-refractivity contribution >= 4 is 15.9 Å². The van der Waals surface area contributed by atoms with E-state index in [1.54, 1.807) is 14.2 Å². The minimum atomic E-state index is -0.138. The number of hydrogen-bond donors (Lipinski definition) is 1. The average molecular weight is 350 g/mol. The van der Waals surface area contributed by atoms with Gasteiger partial charge in [0.1, 0.15) is 5.75 Å². The fraction of sp³-hybridized carbons (Fsp3) is 0.294. The maximum atomic E-state index is 6.37. The molecule has 0 saturated heterocycles. The van der Waals surface area contributed by atoms with Crippen molar-refractivity contribution in [2.24, 2.45) is 5.73 Å². The van der Waals surface area contributed by atoms with Gasteiger partial charge in [0, 0.05) is 17.6 Å². The first-order chi connectivity index (χ1) is 10.2. The first-order valence-corrected chi connectivity index (χ1v) is 7.60. The molecule has 2 unspecified atom stereocenters. The van der Waals surface area contributed by atoms with Crippen molar-refractivity contribution in [3.05, 3.63) is 64.1 Å². The van der Waals surface area contributed by atoms with Crippen molar-refractivity contribution in [3.8, 4) is 5.75 Å². The Hall–Kier alpha value is -1.36. The van der Waals surface area contributed by atoms with Gasteiger partial charge >= 0.3 is 0 Å². The highest BCUT2D eigenvalue weighted by atomic mass is 79.9. The third-order valence-corrected chi connectivity index (χ3v) is 4.25. The highest BCUT2D eigenvalue weighted by Crippen LogP contribution is 2.27. The van der Waals surface area contributed by atoms with E-state index in [1.807, 2.05) is 48.5 Å². The van der Waals surface area contributed by atoms with Crippen LogP contribution in [-0.2, 0) is 11.2 Å². The fourth-order valence-corrected chi connectivity index (χ4v) is 2.80. The van der Waals surface area contributed by atoms with Gasteiger partial charge in [0.05, 0.1) is 13.2 Å². The van der Waals surface area contributed by atoms with Gasteiger partial charge in [-0.3, -0.25) is 0 Å². The Morgan fingerprint density at radius 1 is 1.10 bits per heavy atom. The van der Waals surface area contributed by atoms with E-state index in [9.17, 15) is 0 Å². The summed E-state index contributed by atoms with van der Waals surface area (Å²) in [5, 5.41) is 0. The number of methoxy groups -OCH3 is 2. The number of nitrogens with two attached hydrogens (primary N) is 1. The van der Waals surface area contributed by atoms with Gasteiger partial charge in [-0.15, -0.1) is 0 Å². The molecule has 2 atom stereocenters. The largest absolute Gasteiger partial charge is 0.497 e. The summed E-state index contributed by atoms with van der Waals surface area (Å²) >= 11 is 3.56. The molecule has 0 saturated carbocycles. The first-order valence-electron chi connectivity index (χ1n) is 6.81. The van der Waals surface area contributed by atoms with Crippen LogP contribution in [-0.4, -0.2) is 20.3 Å². The minimum absolute atomic E-state index is 0.135. The summed E-state index contributed by atoms with van der Waals surface area (Å²) in [6.07, 6.45) is 0.565. The second-order valence-electron chi connectivity index (χ2n) is 4.89. The molecule has 2 aromatic rings. The van der Waals surface area contributed by atoms with Crippen molar-refractivity contribution in [2.45, 2.75) is 18.6 Å². The van der Waals surface area contributed by atoms with Crippen LogP contribution in [0.3, 0.4) is 0 Å². The topological polar surface area (TPSA) is 44.5 Å². The zero-order chi connectivity index (χ0) is 15.2. The summed E-state index contributed by atoms with van der Waals surface area (Å²) in [7, 11) is 3.35. The molecule has 0 aromatic heterocycles. The fourth-order valence-electron chi connectivity index (χ4n) is 2.40. The molecule has 0 aliphatic carbocycles. The van der Waals surface area contributed by atoms with E-state index in [0.717, 1.165) is 21.3 Å². The summed E-state index contributed by atoms with van der Waals surface area (Å²) in [4.78, 5) is 0. The van der Waals surface area contributed by atoms with Gasteiger partial charge in [0.15, 0.2) is 0 Å². The molecule has 3 nitrogen and oxygen atoms in total. The van der Waals surface area contributed by atoms with Crippen LogP contribution >= 0.6 is 15.9 Å². The molecule has 0 radical (unpaired) electrons.